The van der Waals surface area contributed by atoms with Crippen LogP contribution in [0.25, 0.3) is 4.96 Å². The van der Waals surface area contributed by atoms with Gasteiger partial charge in [-0.25, -0.2) is 4.98 Å². The molecule has 98 valence electrons. The Morgan fingerprint density at radius 2 is 2.50 bits per heavy atom. The lowest BCUT2D eigenvalue weighted by atomic mass is 10.1. The molecule has 0 spiro atoms. The van der Waals surface area contributed by atoms with Gasteiger partial charge in [0.15, 0.2) is 10.8 Å². The Kier molecular flexibility index (Phi) is 3.23. The molecule has 1 aliphatic rings. The van der Waals surface area contributed by atoms with E-state index in [1.807, 2.05) is 11.6 Å². The Bertz CT molecular complexity index is 535. The highest BCUT2D eigenvalue weighted by Gasteiger charge is 2.24. The largest absolute Gasteiger partial charge is 0.380 e. The normalized spacial score (nSPS) is 20.8. The van der Waals surface area contributed by atoms with Gasteiger partial charge in [0.2, 0.25) is 0 Å². The van der Waals surface area contributed by atoms with Crippen molar-refractivity contribution in [3.05, 3.63) is 17.3 Å². The first-order valence-electron chi connectivity index (χ1n) is 6.25. The van der Waals surface area contributed by atoms with Gasteiger partial charge < -0.3 is 15.4 Å². The molecular formula is C12H18N4OS. The topological polar surface area (TPSA) is 55.8 Å². The molecular weight excluding hydrogens is 248 g/mol. The first-order valence-corrected chi connectivity index (χ1v) is 7.13. The Balaban J connectivity index is 1.95. The van der Waals surface area contributed by atoms with Gasteiger partial charge in [-0.15, -0.1) is 11.3 Å². The highest BCUT2D eigenvalue weighted by Crippen LogP contribution is 2.27. The fraction of sp³-hybridized carbons (Fsp3) is 0.583. The average molecular weight is 266 g/mol. The quantitative estimate of drug-likeness (QED) is 0.914. The number of hydrogen-bond acceptors (Lipinski definition) is 5. The zero-order chi connectivity index (χ0) is 12.5. The maximum absolute atomic E-state index is 5.88. The van der Waals surface area contributed by atoms with Crippen LogP contribution >= 0.6 is 11.3 Å². The minimum absolute atomic E-state index is 0.309. The van der Waals surface area contributed by atoms with Crippen molar-refractivity contribution in [2.75, 3.05) is 25.1 Å². The number of piperidine rings is 1. The van der Waals surface area contributed by atoms with Gasteiger partial charge in [-0.1, -0.05) is 0 Å². The zero-order valence-corrected chi connectivity index (χ0v) is 11.3. The van der Waals surface area contributed by atoms with E-state index in [2.05, 4.69) is 9.30 Å². The van der Waals surface area contributed by atoms with Crippen molar-refractivity contribution in [2.24, 2.45) is 5.73 Å². The van der Waals surface area contributed by atoms with E-state index in [9.17, 15) is 0 Å². The molecule has 3 rings (SSSR count). The summed E-state index contributed by atoms with van der Waals surface area (Å²) >= 11 is 1.65. The van der Waals surface area contributed by atoms with Crippen LogP contribution in [0.2, 0.25) is 0 Å². The predicted octanol–water partition coefficient (Wildman–Crippen LogP) is 1.47. The van der Waals surface area contributed by atoms with E-state index in [1.54, 1.807) is 18.4 Å². The van der Waals surface area contributed by atoms with Gasteiger partial charge >= 0.3 is 0 Å². The van der Waals surface area contributed by atoms with E-state index in [-0.39, 0.29) is 0 Å². The SMILES string of the molecule is COC1CCCN(c2nc3sccn3c2CN)C1. The van der Waals surface area contributed by atoms with E-state index in [4.69, 9.17) is 15.5 Å². The van der Waals surface area contributed by atoms with Crippen LogP contribution in [0.4, 0.5) is 5.82 Å². The van der Waals surface area contributed by atoms with Gasteiger partial charge in [0, 0.05) is 38.3 Å². The molecule has 1 unspecified atom stereocenters. The number of aromatic nitrogens is 2. The highest BCUT2D eigenvalue weighted by molar-refractivity contribution is 7.15. The number of imidazole rings is 1. The lowest BCUT2D eigenvalue weighted by molar-refractivity contribution is 0.0891. The molecule has 1 saturated heterocycles. The Hall–Kier alpha value is -1.11. The second kappa shape index (κ2) is 4.87. The number of nitrogens with zero attached hydrogens (tertiary/aromatic N) is 3. The number of ether oxygens (including phenoxy) is 1. The Morgan fingerprint density at radius 3 is 3.28 bits per heavy atom. The van der Waals surface area contributed by atoms with E-state index >= 15 is 0 Å². The van der Waals surface area contributed by atoms with Crippen LogP contribution in [0.1, 0.15) is 18.5 Å². The van der Waals surface area contributed by atoms with Crippen molar-refractivity contribution < 1.29 is 4.74 Å². The van der Waals surface area contributed by atoms with E-state index < -0.39 is 0 Å². The maximum Gasteiger partial charge on any atom is 0.195 e. The van der Waals surface area contributed by atoms with Gasteiger partial charge in [0.05, 0.1) is 11.8 Å². The summed E-state index contributed by atoms with van der Waals surface area (Å²) in [6.45, 7) is 2.47. The average Bonchev–Trinajstić information content (AvgIpc) is 2.98. The smallest absolute Gasteiger partial charge is 0.195 e. The number of anilines is 1. The lowest BCUT2D eigenvalue weighted by Gasteiger charge is -2.32. The van der Waals surface area contributed by atoms with Crippen LogP contribution in [-0.2, 0) is 11.3 Å². The van der Waals surface area contributed by atoms with Crippen molar-refractivity contribution in [2.45, 2.75) is 25.5 Å². The standard InChI is InChI=1S/C12H18N4OS/c1-17-9-3-2-4-15(8-9)11-10(7-13)16-5-6-18-12(16)14-11/h5-6,9H,2-4,7-8,13H2,1H3. The van der Waals surface area contributed by atoms with Crippen LogP contribution in [0.3, 0.4) is 0 Å². The molecule has 5 nitrogen and oxygen atoms in total. The minimum Gasteiger partial charge on any atom is -0.380 e. The van der Waals surface area contributed by atoms with Crippen molar-refractivity contribution in [1.29, 1.82) is 0 Å². The lowest BCUT2D eigenvalue weighted by Crippen LogP contribution is -2.40. The molecule has 0 aromatic carbocycles. The maximum atomic E-state index is 5.88. The van der Waals surface area contributed by atoms with Gasteiger partial charge in [-0.2, -0.15) is 0 Å². The summed E-state index contributed by atoms with van der Waals surface area (Å²) < 4.78 is 7.56. The molecule has 1 atom stereocenters. The molecule has 0 bridgehead atoms. The Labute approximate surface area is 110 Å². The zero-order valence-electron chi connectivity index (χ0n) is 10.5. The first kappa shape index (κ1) is 12.0. The Morgan fingerprint density at radius 1 is 1.61 bits per heavy atom. The van der Waals surface area contributed by atoms with Crippen LogP contribution < -0.4 is 10.6 Å². The molecule has 3 heterocycles. The van der Waals surface area contributed by atoms with Gasteiger partial charge in [-0.05, 0) is 12.8 Å². The summed E-state index contributed by atoms with van der Waals surface area (Å²) in [7, 11) is 1.78. The second-order valence-electron chi connectivity index (χ2n) is 4.59. The van der Waals surface area contributed by atoms with Crippen LogP contribution in [0.15, 0.2) is 11.6 Å². The molecule has 1 fully saturated rings. The summed E-state index contributed by atoms with van der Waals surface area (Å²) in [6, 6.07) is 0. The van der Waals surface area contributed by atoms with Crippen molar-refractivity contribution >= 4 is 22.1 Å². The summed E-state index contributed by atoms with van der Waals surface area (Å²) in [4.78, 5) is 8.03. The number of thiazole rings is 1. The number of methoxy groups -OCH3 is 1. The number of fused-ring (bicyclic) bond motifs is 1. The molecule has 0 radical (unpaired) electrons. The predicted molar refractivity (Wildman–Crippen MR) is 73.2 cm³/mol. The summed E-state index contributed by atoms with van der Waals surface area (Å²) in [5.74, 6) is 1.03. The number of hydrogen-bond donors (Lipinski definition) is 1. The highest BCUT2D eigenvalue weighted by atomic mass is 32.1. The molecule has 0 saturated carbocycles. The van der Waals surface area contributed by atoms with Crippen LogP contribution in [-0.4, -0.2) is 35.7 Å². The van der Waals surface area contributed by atoms with E-state index in [0.29, 0.717) is 12.6 Å². The molecule has 2 N–H and O–H groups in total. The molecule has 0 aliphatic carbocycles. The molecule has 18 heavy (non-hydrogen) atoms. The van der Waals surface area contributed by atoms with Gasteiger partial charge in [-0.3, -0.25) is 4.40 Å². The summed E-state index contributed by atoms with van der Waals surface area (Å²) in [5, 5.41) is 2.04. The van der Waals surface area contributed by atoms with Gasteiger partial charge in [0.1, 0.15) is 0 Å². The minimum atomic E-state index is 0.309. The third-order valence-corrected chi connectivity index (χ3v) is 4.30. The molecule has 0 amide bonds. The van der Waals surface area contributed by atoms with Gasteiger partial charge in [0.25, 0.3) is 0 Å². The van der Waals surface area contributed by atoms with Crippen molar-refractivity contribution in [3.8, 4) is 0 Å². The summed E-state index contributed by atoms with van der Waals surface area (Å²) in [5.41, 5.74) is 6.98. The molecule has 2 aromatic rings. The van der Waals surface area contributed by atoms with Crippen molar-refractivity contribution in [3.63, 3.8) is 0 Å². The number of rotatable bonds is 3. The first-order chi connectivity index (χ1) is 8.83. The molecule has 6 heteroatoms. The molecule has 1 aliphatic heterocycles. The van der Waals surface area contributed by atoms with Crippen LogP contribution in [0.5, 0.6) is 0 Å². The third-order valence-electron chi connectivity index (χ3n) is 3.54. The fourth-order valence-corrected chi connectivity index (χ4v) is 3.32. The monoisotopic (exact) mass is 266 g/mol. The molecule has 2 aromatic heterocycles. The third kappa shape index (κ3) is 1.90. The second-order valence-corrected chi connectivity index (χ2v) is 5.46. The van der Waals surface area contributed by atoms with Crippen molar-refractivity contribution in [1.82, 2.24) is 9.38 Å². The number of nitrogens with two attached hydrogens (primary N) is 1. The van der Waals surface area contributed by atoms with E-state index in [0.717, 1.165) is 42.4 Å². The fourth-order valence-electron chi connectivity index (χ4n) is 2.59. The van der Waals surface area contributed by atoms with E-state index in [1.165, 1.54) is 0 Å². The summed E-state index contributed by atoms with van der Waals surface area (Å²) in [6.07, 6.45) is 4.63. The van der Waals surface area contributed by atoms with Crippen LogP contribution in [0, 0.1) is 0 Å².